The number of aliphatic hydroxyl groups is 1. The number of anilines is 1. The van der Waals surface area contributed by atoms with Crippen molar-refractivity contribution in [3.8, 4) is 0 Å². The lowest BCUT2D eigenvalue weighted by Crippen LogP contribution is -2.23. The normalized spacial score (nSPS) is 14.3. The van der Waals surface area contributed by atoms with Crippen LogP contribution in [-0.2, 0) is 4.79 Å². The Balaban J connectivity index is 2.44. The highest BCUT2D eigenvalue weighted by atomic mass is 32.2. The lowest BCUT2D eigenvalue weighted by Gasteiger charge is -2.12. The van der Waals surface area contributed by atoms with Crippen LogP contribution >= 0.6 is 23.1 Å². The van der Waals surface area contributed by atoms with Crippen LogP contribution in [0, 0.1) is 19.8 Å². The summed E-state index contributed by atoms with van der Waals surface area (Å²) in [5.74, 6) is 0.967. The van der Waals surface area contributed by atoms with Crippen molar-refractivity contribution >= 4 is 34.1 Å². The highest BCUT2D eigenvalue weighted by Gasteiger charge is 2.16. The van der Waals surface area contributed by atoms with E-state index in [2.05, 4.69) is 10.3 Å². The first-order valence-corrected chi connectivity index (χ1v) is 7.78. The van der Waals surface area contributed by atoms with Crippen LogP contribution in [0.15, 0.2) is 0 Å². The van der Waals surface area contributed by atoms with E-state index in [1.165, 1.54) is 11.3 Å². The number of hydrogen-bond donors (Lipinski definition) is 2. The van der Waals surface area contributed by atoms with Crippen LogP contribution in [0.5, 0.6) is 0 Å². The first-order chi connectivity index (χ1) is 8.43. The molecule has 1 amide bonds. The van der Waals surface area contributed by atoms with Gasteiger partial charge in [-0.2, -0.15) is 0 Å². The molecule has 0 bridgehead atoms. The second kappa shape index (κ2) is 7.11. The quantitative estimate of drug-likeness (QED) is 0.844. The fourth-order valence-corrected chi connectivity index (χ4v) is 2.92. The minimum Gasteiger partial charge on any atom is -0.396 e. The molecule has 0 radical (unpaired) electrons. The summed E-state index contributed by atoms with van der Waals surface area (Å²) in [6.07, 6.45) is 0. The lowest BCUT2D eigenvalue weighted by atomic mass is 10.2. The van der Waals surface area contributed by atoms with Gasteiger partial charge in [0.1, 0.15) is 0 Å². The average Bonchev–Trinajstić information content (AvgIpc) is 2.64. The second-order valence-electron chi connectivity index (χ2n) is 4.41. The largest absolute Gasteiger partial charge is 0.396 e. The summed E-state index contributed by atoms with van der Waals surface area (Å²) in [5, 5.41) is 12.3. The molecule has 1 rings (SSSR count). The molecule has 0 aliphatic rings. The molecule has 0 saturated carbocycles. The Bertz CT molecular complexity index is 387. The van der Waals surface area contributed by atoms with Crippen molar-refractivity contribution in [1.82, 2.24) is 4.98 Å². The maximum absolute atomic E-state index is 11.9. The van der Waals surface area contributed by atoms with Crippen molar-refractivity contribution in [2.45, 2.75) is 32.9 Å². The van der Waals surface area contributed by atoms with Crippen LogP contribution < -0.4 is 5.32 Å². The minimum atomic E-state index is -0.136. The van der Waals surface area contributed by atoms with Crippen LogP contribution in [0.3, 0.4) is 0 Å². The van der Waals surface area contributed by atoms with E-state index in [0.29, 0.717) is 5.13 Å². The number of aromatic nitrogens is 1. The number of nitrogens with one attached hydrogen (secondary N) is 1. The van der Waals surface area contributed by atoms with E-state index < -0.39 is 0 Å². The molecule has 0 aromatic carbocycles. The summed E-state index contributed by atoms with van der Waals surface area (Å²) in [6.45, 7) is 7.92. The van der Waals surface area contributed by atoms with Crippen molar-refractivity contribution in [2.75, 3.05) is 17.7 Å². The van der Waals surface area contributed by atoms with Crippen molar-refractivity contribution < 1.29 is 9.90 Å². The Kier molecular flexibility index (Phi) is 6.11. The molecule has 0 aliphatic heterocycles. The molecule has 18 heavy (non-hydrogen) atoms. The Morgan fingerprint density at radius 3 is 2.67 bits per heavy atom. The molecule has 6 heteroatoms. The summed E-state index contributed by atoms with van der Waals surface area (Å²) >= 11 is 3.05. The number of nitrogens with zero attached hydrogens (tertiary/aromatic N) is 1. The van der Waals surface area contributed by atoms with Gasteiger partial charge in [-0.25, -0.2) is 4.98 Å². The molecule has 0 aliphatic carbocycles. The van der Waals surface area contributed by atoms with E-state index >= 15 is 0 Å². The molecule has 1 heterocycles. The Morgan fingerprint density at radius 1 is 1.50 bits per heavy atom. The molecule has 4 nitrogen and oxygen atoms in total. The third-order valence-electron chi connectivity index (χ3n) is 2.57. The van der Waals surface area contributed by atoms with Crippen LogP contribution in [0.2, 0.25) is 0 Å². The SMILES string of the molecule is Cc1nc(NC(=O)[C@@H](C)SC[C@H](C)CO)sc1C. The fourth-order valence-electron chi connectivity index (χ4n) is 1.17. The number of amides is 1. The number of aryl methyl sites for hydroxylation is 2. The number of rotatable bonds is 6. The van der Waals surface area contributed by atoms with E-state index in [4.69, 9.17) is 5.11 Å². The van der Waals surface area contributed by atoms with Gasteiger partial charge in [-0.15, -0.1) is 23.1 Å². The predicted octanol–water partition coefficient (Wildman–Crippen LogP) is 2.45. The van der Waals surface area contributed by atoms with E-state index in [1.54, 1.807) is 11.8 Å². The maximum atomic E-state index is 11.9. The molecule has 2 atom stereocenters. The summed E-state index contributed by atoms with van der Waals surface area (Å²) in [6, 6.07) is 0. The monoisotopic (exact) mass is 288 g/mol. The zero-order chi connectivity index (χ0) is 13.7. The summed E-state index contributed by atoms with van der Waals surface area (Å²) in [4.78, 5) is 17.3. The van der Waals surface area contributed by atoms with Gasteiger partial charge in [0, 0.05) is 11.5 Å². The Morgan fingerprint density at radius 2 is 2.17 bits per heavy atom. The standard InChI is InChI=1S/C12H20N2O2S2/c1-7(5-15)6-17-10(4)11(16)14-12-13-8(2)9(3)18-12/h7,10,15H,5-6H2,1-4H3,(H,13,14,16)/t7-,10-/m1/s1. The van der Waals surface area contributed by atoms with Crippen LogP contribution in [0.1, 0.15) is 24.4 Å². The van der Waals surface area contributed by atoms with Crippen molar-refractivity contribution in [3.63, 3.8) is 0 Å². The van der Waals surface area contributed by atoms with Crippen LogP contribution in [0.4, 0.5) is 5.13 Å². The molecule has 0 unspecified atom stereocenters. The maximum Gasteiger partial charge on any atom is 0.238 e. The van der Waals surface area contributed by atoms with Gasteiger partial charge in [0.25, 0.3) is 0 Å². The number of thiazole rings is 1. The molecule has 2 N–H and O–H groups in total. The molecular weight excluding hydrogens is 268 g/mol. The molecule has 0 spiro atoms. The minimum absolute atomic E-state index is 0.0288. The highest BCUT2D eigenvalue weighted by Crippen LogP contribution is 2.22. The number of aliphatic hydroxyl groups excluding tert-OH is 1. The van der Waals surface area contributed by atoms with Gasteiger partial charge < -0.3 is 10.4 Å². The average molecular weight is 288 g/mol. The second-order valence-corrected chi connectivity index (χ2v) is 6.99. The van der Waals surface area contributed by atoms with Gasteiger partial charge in [0.2, 0.25) is 5.91 Å². The topological polar surface area (TPSA) is 62.2 Å². The highest BCUT2D eigenvalue weighted by molar-refractivity contribution is 8.00. The lowest BCUT2D eigenvalue weighted by molar-refractivity contribution is -0.115. The fraction of sp³-hybridized carbons (Fsp3) is 0.667. The van der Waals surface area contributed by atoms with E-state index in [1.807, 2.05) is 27.7 Å². The third kappa shape index (κ3) is 4.59. The third-order valence-corrected chi connectivity index (χ3v) is 5.03. The molecule has 1 aromatic rings. The number of carbonyl (C=O) groups is 1. The van der Waals surface area contributed by atoms with Crippen LogP contribution in [0.25, 0.3) is 0 Å². The predicted molar refractivity (Wildman–Crippen MR) is 78.4 cm³/mol. The first kappa shape index (κ1) is 15.5. The molecule has 1 aromatic heterocycles. The van der Waals surface area contributed by atoms with Gasteiger partial charge in [0.15, 0.2) is 5.13 Å². The zero-order valence-electron chi connectivity index (χ0n) is 11.2. The summed E-state index contributed by atoms with van der Waals surface area (Å²) < 4.78 is 0. The van der Waals surface area contributed by atoms with Gasteiger partial charge >= 0.3 is 0 Å². The van der Waals surface area contributed by atoms with E-state index in [-0.39, 0.29) is 23.7 Å². The van der Waals surface area contributed by atoms with Gasteiger partial charge in [-0.3, -0.25) is 4.79 Å². The van der Waals surface area contributed by atoms with Gasteiger partial charge in [-0.05, 0) is 32.4 Å². The number of thioether (sulfide) groups is 1. The molecular formula is C12H20N2O2S2. The van der Waals surface area contributed by atoms with Crippen molar-refractivity contribution in [1.29, 1.82) is 0 Å². The summed E-state index contributed by atoms with van der Waals surface area (Å²) in [5.41, 5.74) is 0.963. The number of hydrogen-bond acceptors (Lipinski definition) is 5. The molecule has 0 fully saturated rings. The Labute approximate surface area is 116 Å². The summed E-state index contributed by atoms with van der Waals surface area (Å²) in [7, 11) is 0. The van der Waals surface area contributed by atoms with Crippen molar-refractivity contribution in [3.05, 3.63) is 10.6 Å². The number of carbonyl (C=O) groups excluding carboxylic acids is 1. The smallest absolute Gasteiger partial charge is 0.238 e. The Hall–Kier alpha value is -0.590. The van der Waals surface area contributed by atoms with Gasteiger partial charge in [-0.1, -0.05) is 6.92 Å². The molecule has 102 valence electrons. The zero-order valence-corrected chi connectivity index (χ0v) is 12.8. The molecule has 0 saturated heterocycles. The van der Waals surface area contributed by atoms with Crippen molar-refractivity contribution in [2.24, 2.45) is 5.92 Å². The van der Waals surface area contributed by atoms with E-state index in [0.717, 1.165) is 16.3 Å². The van der Waals surface area contributed by atoms with E-state index in [9.17, 15) is 4.79 Å². The van der Waals surface area contributed by atoms with Gasteiger partial charge in [0.05, 0.1) is 10.9 Å². The first-order valence-electron chi connectivity index (χ1n) is 5.91. The van der Waals surface area contributed by atoms with Crippen LogP contribution in [-0.4, -0.2) is 33.6 Å².